The second kappa shape index (κ2) is 4.42. The lowest BCUT2D eigenvalue weighted by molar-refractivity contribution is 0.590. The third-order valence-electron chi connectivity index (χ3n) is 2.97. The molecule has 3 aromatic rings. The largest absolute Gasteiger partial charge is 0.295 e. The monoisotopic (exact) mass is 259 g/mol. The fourth-order valence-electron chi connectivity index (χ4n) is 2.16. The van der Waals surface area contributed by atoms with Gasteiger partial charge in [0.15, 0.2) is 5.82 Å². The molecular formula is C14H11F2N3. The van der Waals surface area contributed by atoms with Crippen LogP contribution in [0.2, 0.25) is 0 Å². The summed E-state index contributed by atoms with van der Waals surface area (Å²) in [6, 6.07) is 5.74. The molecule has 0 radical (unpaired) electrons. The van der Waals surface area contributed by atoms with Crippen LogP contribution in [0.3, 0.4) is 0 Å². The molecule has 19 heavy (non-hydrogen) atoms. The molecule has 2 heterocycles. The van der Waals surface area contributed by atoms with Crippen LogP contribution in [0.25, 0.3) is 16.7 Å². The number of nitrogens with zero attached hydrogens (tertiary/aromatic N) is 3. The Morgan fingerprint density at radius 2 is 2.11 bits per heavy atom. The minimum Gasteiger partial charge on any atom is -0.295 e. The molecule has 5 heteroatoms. The Hall–Kier alpha value is -2.30. The van der Waals surface area contributed by atoms with E-state index in [1.807, 2.05) is 13.0 Å². The Labute approximate surface area is 108 Å². The topological polar surface area (TPSA) is 30.7 Å². The molecule has 0 aliphatic heterocycles. The zero-order valence-electron chi connectivity index (χ0n) is 10.3. The van der Waals surface area contributed by atoms with Gasteiger partial charge >= 0.3 is 0 Å². The van der Waals surface area contributed by atoms with E-state index in [1.54, 1.807) is 23.0 Å². The molecule has 96 valence electrons. The molecule has 0 atom stereocenters. The van der Waals surface area contributed by atoms with Crippen molar-refractivity contribution in [3.8, 4) is 5.69 Å². The lowest BCUT2D eigenvalue weighted by Gasteiger charge is -2.07. The van der Waals surface area contributed by atoms with Gasteiger partial charge in [0.2, 0.25) is 0 Å². The number of fused-ring (bicyclic) bond motifs is 1. The third kappa shape index (κ3) is 1.87. The van der Waals surface area contributed by atoms with Gasteiger partial charge in [-0.3, -0.25) is 9.55 Å². The van der Waals surface area contributed by atoms with Crippen LogP contribution in [0, 0.1) is 11.6 Å². The van der Waals surface area contributed by atoms with Crippen LogP contribution in [0.1, 0.15) is 12.7 Å². The number of benzene rings is 1. The van der Waals surface area contributed by atoms with Crippen LogP contribution in [-0.4, -0.2) is 14.5 Å². The Kier molecular flexibility index (Phi) is 2.74. The molecule has 3 rings (SSSR count). The second-order valence-corrected chi connectivity index (χ2v) is 4.18. The van der Waals surface area contributed by atoms with Crippen molar-refractivity contribution in [2.45, 2.75) is 13.3 Å². The minimum absolute atomic E-state index is 0.183. The van der Waals surface area contributed by atoms with E-state index in [-0.39, 0.29) is 5.52 Å². The zero-order valence-corrected chi connectivity index (χ0v) is 10.3. The highest BCUT2D eigenvalue weighted by Gasteiger charge is 2.15. The number of hydrogen-bond donors (Lipinski definition) is 0. The van der Waals surface area contributed by atoms with E-state index < -0.39 is 11.6 Å². The summed E-state index contributed by atoms with van der Waals surface area (Å²) in [5, 5.41) is 0. The highest BCUT2D eigenvalue weighted by atomic mass is 19.1. The average molecular weight is 259 g/mol. The summed E-state index contributed by atoms with van der Waals surface area (Å²) >= 11 is 0. The molecule has 0 spiro atoms. The molecule has 0 aliphatic rings. The summed E-state index contributed by atoms with van der Waals surface area (Å²) in [4.78, 5) is 8.27. The van der Waals surface area contributed by atoms with E-state index in [2.05, 4.69) is 9.97 Å². The van der Waals surface area contributed by atoms with Crippen molar-refractivity contribution in [3.63, 3.8) is 0 Å². The molecule has 3 nitrogen and oxygen atoms in total. The smallest absolute Gasteiger partial charge is 0.153 e. The Balaban J connectivity index is 2.39. The molecular weight excluding hydrogens is 248 g/mol. The molecule has 0 unspecified atom stereocenters. The van der Waals surface area contributed by atoms with Crippen molar-refractivity contribution in [2.75, 3.05) is 0 Å². The number of halogens is 2. The summed E-state index contributed by atoms with van der Waals surface area (Å²) < 4.78 is 28.9. The Bertz CT molecular complexity index is 735. The maximum absolute atomic E-state index is 13.8. The maximum atomic E-state index is 13.8. The van der Waals surface area contributed by atoms with E-state index in [1.165, 1.54) is 6.07 Å². The maximum Gasteiger partial charge on any atom is 0.153 e. The molecule has 1 aromatic carbocycles. The number of hydrogen-bond acceptors (Lipinski definition) is 2. The van der Waals surface area contributed by atoms with E-state index in [9.17, 15) is 8.78 Å². The summed E-state index contributed by atoms with van der Waals surface area (Å²) in [7, 11) is 0. The van der Waals surface area contributed by atoms with Gasteiger partial charge in [-0.25, -0.2) is 13.8 Å². The summed E-state index contributed by atoms with van der Waals surface area (Å²) in [6.07, 6.45) is 3.91. The van der Waals surface area contributed by atoms with Gasteiger partial charge in [0.1, 0.15) is 17.2 Å². The minimum atomic E-state index is -0.646. The van der Waals surface area contributed by atoms with Crippen molar-refractivity contribution in [3.05, 3.63) is 54.1 Å². The second-order valence-electron chi connectivity index (χ2n) is 4.18. The highest BCUT2D eigenvalue weighted by Crippen LogP contribution is 2.24. The molecule has 0 N–H and O–H groups in total. The standard InChI is InChI=1S/C14H11F2N3/c1-2-13-18-14-11(16)6-9(15)7-12(14)19(13)10-4-3-5-17-8-10/h3-8H,2H2,1H3. The third-order valence-corrected chi connectivity index (χ3v) is 2.97. The first-order valence-corrected chi connectivity index (χ1v) is 5.97. The van der Waals surface area contributed by atoms with Gasteiger partial charge in [-0.05, 0) is 12.1 Å². The number of imidazole rings is 1. The van der Waals surface area contributed by atoms with Gasteiger partial charge in [0.25, 0.3) is 0 Å². The summed E-state index contributed by atoms with van der Waals surface area (Å²) in [6.45, 7) is 1.92. The molecule has 0 bridgehead atoms. The Morgan fingerprint density at radius 1 is 1.26 bits per heavy atom. The quantitative estimate of drug-likeness (QED) is 0.707. The lowest BCUT2D eigenvalue weighted by atomic mass is 10.3. The van der Waals surface area contributed by atoms with Crippen molar-refractivity contribution in [2.24, 2.45) is 0 Å². The van der Waals surface area contributed by atoms with Gasteiger partial charge < -0.3 is 0 Å². The van der Waals surface area contributed by atoms with Crippen LogP contribution in [0.5, 0.6) is 0 Å². The molecule has 0 saturated heterocycles. The summed E-state index contributed by atoms with van der Waals surface area (Å²) in [5.41, 5.74) is 1.34. The van der Waals surface area contributed by atoms with Gasteiger partial charge in [0.05, 0.1) is 17.4 Å². The van der Waals surface area contributed by atoms with Crippen molar-refractivity contribution < 1.29 is 8.78 Å². The first kappa shape index (κ1) is 11.8. The zero-order chi connectivity index (χ0) is 13.4. The number of aryl methyl sites for hydroxylation is 1. The fraction of sp³-hybridized carbons (Fsp3) is 0.143. The van der Waals surface area contributed by atoms with Crippen LogP contribution < -0.4 is 0 Å². The van der Waals surface area contributed by atoms with E-state index in [0.29, 0.717) is 17.8 Å². The highest BCUT2D eigenvalue weighted by molar-refractivity contribution is 5.79. The normalized spacial score (nSPS) is 11.1. The van der Waals surface area contributed by atoms with Gasteiger partial charge in [-0.1, -0.05) is 6.92 Å². The molecule has 0 aliphatic carbocycles. The summed E-state index contributed by atoms with van der Waals surface area (Å²) in [5.74, 6) is -0.586. The number of aromatic nitrogens is 3. The molecule has 0 fully saturated rings. The van der Waals surface area contributed by atoms with Gasteiger partial charge in [-0.2, -0.15) is 0 Å². The number of rotatable bonds is 2. The SMILES string of the molecule is CCc1nc2c(F)cc(F)cc2n1-c1cccnc1. The van der Waals surface area contributed by atoms with Crippen molar-refractivity contribution in [1.82, 2.24) is 14.5 Å². The van der Waals surface area contributed by atoms with E-state index >= 15 is 0 Å². The fourth-order valence-corrected chi connectivity index (χ4v) is 2.16. The first-order valence-electron chi connectivity index (χ1n) is 5.97. The van der Waals surface area contributed by atoms with Crippen molar-refractivity contribution >= 4 is 11.0 Å². The average Bonchev–Trinajstić information content (AvgIpc) is 2.78. The molecule has 0 amide bonds. The van der Waals surface area contributed by atoms with E-state index in [4.69, 9.17) is 0 Å². The predicted molar refractivity (Wildman–Crippen MR) is 68.2 cm³/mol. The lowest BCUT2D eigenvalue weighted by Crippen LogP contribution is -2.00. The molecule has 0 saturated carbocycles. The van der Waals surface area contributed by atoms with Gasteiger partial charge in [0, 0.05) is 24.8 Å². The molecule has 2 aromatic heterocycles. The van der Waals surface area contributed by atoms with Crippen LogP contribution in [0.4, 0.5) is 8.78 Å². The first-order chi connectivity index (χ1) is 9.20. The predicted octanol–water partition coefficient (Wildman–Crippen LogP) is 3.26. The number of pyridine rings is 1. The van der Waals surface area contributed by atoms with Crippen molar-refractivity contribution in [1.29, 1.82) is 0 Å². The van der Waals surface area contributed by atoms with E-state index in [0.717, 1.165) is 11.8 Å². The van der Waals surface area contributed by atoms with Crippen LogP contribution in [0.15, 0.2) is 36.7 Å². The van der Waals surface area contributed by atoms with Crippen LogP contribution >= 0.6 is 0 Å². The van der Waals surface area contributed by atoms with Gasteiger partial charge in [-0.15, -0.1) is 0 Å². The van der Waals surface area contributed by atoms with Crippen LogP contribution in [-0.2, 0) is 6.42 Å². The Morgan fingerprint density at radius 3 is 2.79 bits per heavy atom.